The van der Waals surface area contributed by atoms with Gasteiger partial charge in [0.25, 0.3) is 0 Å². The minimum Gasteiger partial charge on any atom is -0.410 e. The number of aromatic nitrogens is 2. The van der Waals surface area contributed by atoms with Crippen molar-refractivity contribution in [3.8, 4) is 17.1 Å². The van der Waals surface area contributed by atoms with E-state index in [1.54, 1.807) is 30.0 Å². The molecule has 7 nitrogen and oxygen atoms in total. The van der Waals surface area contributed by atoms with Crippen LogP contribution in [0.25, 0.3) is 11.4 Å². The molecular formula is C14H15N3O4. The summed E-state index contributed by atoms with van der Waals surface area (Å²) >= 11 is 0. The van der Waals surface area contributed by atoms with Gasteiger partial charge in [0, 0.05) is 25.6 Å². The van der Waals surface area contributed by atoms with E-state index in [2.05, 4.69) is 10.1 Å². The molecule has 0 bridgehead atoms. The Balaban J connectivity index is 1.72. The van der Waals surface area contributed by atoms with Crippen LogP contribution in [0.15, 0.2) is 28.8 Å². The highest BCUT2D eigenvalue weighted by Crippen LogP contribution is 2.22. The Morgan fingerprint density at radius 3 is 2.86 bits per heavy atom. The number of hydrogen-bond donors (Lipinski definition) is 0. The van der Waals surface area contributed by atoms with Gasteiger partial charge in [-0.25, -0.2) is 4.79 Å². The zero-order valence-electron chi connectivity index (χ0n) is 11.6. The summed E-state index contributed by atoms with van der Waals surface area (Å²) in [5.74, 6) is 1.41. The zero-order valence-corrected chi connectivity index (χ0v) is 11.6. The summed E-state index contributed by atoms with van der Waals surface area (Å²) in [4.78, 5) is 17.8. The van der Waals surface area contributed by atoms with Crippen molar-refractivity contribution >= 4 is 6.09 Å². The molecule has 1 aromatic carbocycles. The van der Waals surface area contributed by atoms with Crippen LogP contribution in [0.2, 0.25) is 0 Å². The molecule has 0 saturated carbocycles. The smallest absolute Gasteiger partial charge is 0.410 e. The highest BCUT2D eigenvalue weighted by molar-refractivity contribution is 5.71. The van der Waals surface area contributed by atoms with E-state index in [1.807, 2.05) is 6.07 Å². The average molecular weight is 289 g/mol. The monoisotopic (exact) mass is 289 g/mol. The van der Waals surface area contributed by atoms with Crippen LogP contribution >= 0.6 is 0 Å². The number of aryl methyl sites for hydroxylation is 1. The summed E-state index contributed by atoms with van der Waals surface area (Å²) in [6.07, 6.45) is -0.375. The second-order valence-electron chi connectivity index (χ2n) is 4.63. The van der Waals surface area contributed by atoms with Crippen LogP contribution < -0.4 is 4.74 Å². The summed E-state index contributed by atoms with van der Waals surface area (Å²) in [6, 6.07) is 7.04. The fraction of sp³-hybridized carbons (Fsp3) is 0.357. The standard InChI is InChI=1S/C14H15N3O4/c1-10-15-13(16-21-10)11-3-2-4-12(9-11)20-14(18)17-5-7-19-8-6-17/h2-4,9H,5-8H2,1H3. The molecule has 2 aromatic rings. The minimum absolute atomic E-state index is 0.375. The Bertz CT molecular complexity index is 635. The van der Waals surface area contributed by atoms with E-state index in [-0.39, 0.29) is 6.09 Å². The molecule has 1 aliphatic heterocycles. The average Bonchev–Trinajstić information content (AvgIpc) is 2.95. The van der Waals surface area contributed by atoms with Crippen molar-refractivity contribution in [2.24, 2.45) is 0 Å². The molecule has 0 radical (unpaired) electrons. The van der Waals surface area contributed by atoms with E-state index in [0.29, 0.717) is 43.8 Å². The Morgan fingerprint density at radius 2 is 2.14 bits per heavy atom. The van der Waals surface area contributed by atoms with E-state index in [9.17, 15) is 4.79 Å². The Hall–Kier alpha value is -2.41. The van der Waals surface area contributed by atoms with Crippen LogP contribution in [-0.2, 0) is 4.74 Å². The third kappa shape index (κ3) is 3.19. The van der Waals surface area contributed by atoms with Gasteiger partial charge in [0.05, 0.1) is 13.2 Å². The number of hydrogen-bond acceptors (Lipinski definition) is 6. The van der Waals surface area contributed by atoms with Gasteiger partial charge in [-0.05, 0) is 12.1 Å². The number of carbonyl (C=O) groups is 1. The first-order valence-corrected chi connectivity index (χ1v) is 6.67. The molecule has 0 aliphatic carbocycles. The van der Waals surface area contributed by atoms with Crippen molar-refractivity contribution in [2.75, 3.05) is 26.3 Å². The molecule has 3 rings (SSSR count). The van der Waals surface area contributed by atoms with Gasteiger partial charge in [-0.2, -0.15) is 4.98 Å². The highest BCUT2D eigenvalue weighted by Gasteiger charge is 2.19. The zero-order chi connectivity index (χ0) is 14.7. The Morgan fingerprint density at radius 1 is 1.33 bits per heavy atom. The van der Waals surface area contributed by atoms with Gasteiger partial charge < -0.3 is 18.9 Å². The van der Waals surface area contributed by atoms with Crippen LogP contribution in [-0.4, -0.2) is 47.4 Å². The lowest BCUT2D eigenvalue weighted by atomic mass is 10.2. The fourth-order valence-electron chi connectivity index (χ4n) is 2.03. The first-order chi connectivity index (χ1) is 10.2. The largest absolute Gasteiger partial charge is 0.415 e. The van der Waals surface area contributed by atoms with Gasteiger partial charge in [-0.3, -0.25) is 0 Å². The maximum absolute atomic E-state index is 12.0. The van der Waals surface area contributed by atoms with Crippen LogP contribution in [0.1, 0.15) is 5.89 Å². The molecule has 0 unspecified atom stereocenters. The molecule has 1 aromatic heterocycles. The first-order valence-electron chi connectivity index (χ1n) is 6.67. The molecule has 1 saturated heterocycles. The highest BCUT2D eigenvalue weighted by atomic mass is 16.6. The molecular weight excluding hydrogens is 274 g/mol. The lowest BCUT2D eigenvalue weighted by Crippen LogP contribution is -2.42. The van der Waals surface area contributed by atoms with E-state index in [0.717, 1.165) is 5.56 Å². The van der Waals surface area contributed by atoms with Crippen LogP contribution in [0.5, 0.6) is 5.75 Å². The number of morpholine rings is 1. The predicted octanol–water partition coefficient (Wildman–Crippen LogP) is 1.88. The lowest BCUT2D eigenvalue weighted by Gasteiger charge is -2.25. The topological polar surface area (TPSA) is 77.7 Å². The third-order valence-electron chi connectivity index (χ3n) is 3.09. The number of carbonyl (C=O) groups excluding carboxylic acids is 1. The van der Waals surface area contributed by atoms with E-state index in [4.69, 9.17) is 14.0 Å². The predicted molar refractivity (Wildman–Crippen MR) is 72.9 cm³/mol. The lowest BCUT2D eigenvalue weighted by molar-refractivity contribution is 0.0416. The van der Waals surface area contributed by atoms with Gasteiger partial charge in [-0.1, -0.05) is 17.3 Å². The van der Waals surface area contributed by atoms with E-state index >= 15 is 0 Å². The van der Waals surface area contributed by atoms with Gasteiger partial charge in [0.15, 0.2) is 0 Å². The summed E-state index contributed by atoms with van der Waals surface area (Å²) in [6.45, 7) is 3.89. The minimum atomic E-state index is -0.375. The van der Waals surface area contributed by atoms with Gasteiger partial charge in [0.1, 0.15) is 5.75 Å². The number of amides is 1. The normalized spacial score (nSPS) is 15.0. The van der Waals surface area contributed by atoms with Gasteiger partial charge in [-0.15, -0.1) is 0 Å². The van der Waals surface area contributed by atoms with Crippen molar-refractivity contribution in [2.45, 2.75) is 6.92 Å². The second kappa shape index (κ2) is 5.92. The first kappa shape index (κ1) is 13.6. The van der Waals surface area contributed by atoms with E-state index < -0.39 is 0 Å². The van der Waals surface area contributed by atoms with Gasteiger partial charge >= 0.3 is 6.09 Å². The van der Waals surface area contributed by atoms with Crippen molar-refractivity contribution in [1.82, 2.24) is 15.0 Å². The quantitative estimate of drug-likeness (QED) is 0.840. The number of rotatable bonds is 2. The molecule has 7 heteroatoms. The number of benzene rings is 1. The summed E-state index contributed by atoms with van der Waals surface area (Å²) in [7, 11) is 0. The molecule has 0 N–H and O–H groups in total. The third-order valence-corrected chi connectivity index (χ3v) is 3.09. The summed E-state index contributed by atoms with van der Waals surface area (Å²) in [5, 5.41) is 3.84. The molecule has 1 amide bonds. The molecule has 1 fully saturated rings. The van der Waals surface area contributed by atoms with Crippen molar-refractivity contribution in [1.29, 1.82) is 0 Å². The summed E-state index contributed by atoms with van der Waals surface area (Å²) < 4.78 is 15.5. The fourth-order valence-corrected chi connectivity index (χ4v) is 2.03. The maximum atomic E-state index is 12.0. The van der Waals surface area contributed by atoms with Crippen molar-refractivity contribution in [3.05, 3.63) is 30.2 Å². The molecule has 1 aliphatic rings. The van der Waals surface area contributed by atoms with E-state index in [1.165, 1.54) is 0 Å². The molecule has 0 spiro atoms. The Kier molecular flexibility index (Phi) is 3.83. The second-order valence-corrected chi connectivity index (χ2v) is 4.63. The van der Waals surface area contributed by atoms with Crippen molar-refractivity contribution in [3.63, 3.8) is 0 Å². The number of ether oxygens (including phenoxy) is 2. The molecule has 21 heavy (non-hydrogen) atoms. The summed E-state index contributed by atoms with van der Waals surface area (Å²) in [5.41, 5.74) is 0.735. The Labute approximate surface area is 121 Å². The molecule has 0 atom stereocenters. The van der Waals surface area contributed by atoms with Crippen LogP contribution in [0, 0.1) is 6.92 Å². The molecule has 2 heterocycles. The van der Waals surface area contributed by atoms with Gasteiger partial charge in [0.2, 0.25) is 11.7 Å². The SMILES string of the molecule is Cc1nc(-c2cccc(OC(=O)N3CCOCC3)c2)no1. The number of nitrogens with zero attached hydrogens (tertiary/aromatic N) is 3. The van der Waals surface area contributed by atoms with Crippen LogP contribution in [0.4, 0.5) is 4.79 Å². The maximum Gasteiger partial charge on any atom is 0.415 e. The van der Waals surface area contributed by atoms with Crippen LogP contribution in [0.3, 0.4) is 0 Å². The van der Waals surface area contributed by atoms with Crippen molar-refractivity contribution < 1.29 is 18.8 Å². The molecule has 110 valence electrons.